The van der Waals surface area contributed by atoms with Crippen molar-refractivity contribution < 1.29 is 9.53 Å². The molecule has 1 aromatic heterocycles. The van der Waals surface area contributed by atoms with Gasteiger partial charge in [0.15, 0.2) is 5.78 Å². The maximum atomic E-state index is 11.3. The Hall–Kier alpha value is -3.14. The van der Waals surface area contributed by atoms with Gasteiger partial charge in [-0.2, -0.15) is 0 Å². The SMILES string of the molecule is COc1ccc(-n2cccc2C=Nc2ccc(C(C)=O)cc2)cc1. The number of Topliss-reactive ketones (excluding diaryl/α,β-unsaturated/α-hetero) is 1. The first-order valence-corrected chi connectivity index (χ1v) is 7.64. The van der Waals surface area contributed by atoms with Crippen LogP contribution >= 0.6 is 0 Å². The number of carbonyl (C=O) groups is 1. The number of benzene rings is 2. The fraction of sp³-hybridized carbons (Fsp3) is 0.100. The van der Waals surface area contributed by atoms with Gasteiger partial charge in [-0.15, -0.1) is 0 Å². The molecule has 0 aliphatic carbocycles. The van der Waals surface area contributed by atoms with Gasteiger partial charge in [0.05, 0.1) is 24.7 Å². The van der Waals surface area contributed by atoms with Crippen LogP contribution in [0, 0.1) is 0 Å². The second-order valence-corrected chi connectivity index (χ2v) is 5.36. The second kappa shape index (κ2) is 6.96. The van der Waals surface area contributed by atoms with Crippen LogP contribution in [0.15, 0.2) is 71.9 Å². The fourth-order valence-corrected chi connectivity index (χ4v) is 2.40. The van der Waals surface area contributed by atoms with Crippen molar-refractivity contribution in [2.45, 2.75) is 6.92 Å². The summed E-state index contributed by atoms with van der Waals surface area (Å²) in [6.45, 7) is 1.56. The molecule has 0 bridgehead atoms. The molecule has 0 fully saturated rings. The number of methoxy groups -OCH3 is 1. The van der Waals surface area contributed by atoms with Gasteiger partial charge in [-0.05, 0) is 67.6 Å². The van der Waals surface area contributed by atoms with Crippen molar-refractivity contribution in [2.75, 3.05) is 7.11 Å². The second-order valence-electron chi connectivity index (χ2n) is 5.36. The molecule has 0 N–H and O–H groups in total. The summed E-state index contributed by atoms with van der Waals surface area (Å²) in [5, 5.41) is 0. The molecule has 4 nitrogen and oxygen atoms in total. The minimum Gasteiger partial charge on any atom is -0.497 e. The van der Waals surface area contributed by atoms with Crippen molar-refractivity contribution in [1.29, 1.82) is 0 Å². The van der Waals surface area contributed by atoms with E-state index in [0.29, 0.717) is 5.56 Å². The molecule has 0 saturated heterocycles. The molecule has 0 spiro atoms. The zero-order valence-electron chi connectivity index (χ0n) is 13.6. The third kappa shape index (κ3) is 3.43. The van der Waals surface area contributed by atoms with E-state index in [-0.39, 0.29) is 5.78 Å². The van der Waals surface area contributed by atoms with Crippen LogP contribution in [0.5, 0.6) is 5.75 Å². The van der Waals surface area contributed by atoms with Crippen LogP contribution < -0.4 is 4.74 Å². The first kappa shape index (κ1) is 15.7. The molecule has 3 rings (SSSR count). The Bertz CT molecular complexity index is 859. The molecule has 0 atom stereocenters. The van der Waals surface area contributed by atoms with Gasteiger partial charge in [-0.25, -0.2) is 0 Å². The van der Waals surface area contributed by atoms with E-state index in [2.05, 4.69) is 4.99 Å². The maximum Gasteiger partial charge on any atom is 0.159 e. The lowest BCUT2D eigenvalue weighted by molar-refractivity contribution is 0.101. The van der Waals surface area contributed by atoms with Crippen molar-refractivity contribution in [3.05, 3.63) is 78.1 Å². The Kier molecular flexibility index (Phi) is 4.57. The van der Waals surface area contributed by atoms with Crippen LogP contribution in [0.4, 0.5) is 5.69 Å². The predicted molar refractivity (Wildman–Crippen MR) is 96.0 cm³/mol. The zero-order chi connectivity index (χ0) is 16.9. The molecule has 0 aliphatic rings. The van der Waals surface area contributed by atoms with E-state index in [1.54, 1.807) is 26.2 Å². The highest BCUT2D eigenvalue weighted by Gasteiger charge is 2.02. The third-order valence-corrected chi connectivity index (χ3v) is 3.75. The van der Waals surface area contributed by atoms with Crippen LogP contribution in [0.25, 0.3) is 5.69 Å². The van der Waals surface area contributed by atoms with Crippen LogP contribution in [-0.4, -0.2) is 23.7 Å². The fourth-order valence-electron chi connectivity index (χ4n) is 2.40. The average molecular weight is 318 g/mol. The number of ketones is 1. The molecule has 0 amide bonds. The lowest BCUT2D eigenvalue weighted by Crippen LogP contribution is -1.97. The van der Waals surface area contributed by atoms with Gasteiger partial charge in [0.25, 0.3) is 0 Å². The maximum absolute atomic E-state index is 11.3. The van der Waals surface area contributed by atoms with Crippen LogP contribution in [0.1, 0.15) is 23.0 Å². The number of rotatable bonds is 5. The van der Waals surface area contributed by atoms with E-state index >= 15 is 0 Å². The minimum absolute atomic E-state index is 0.0545. The van der Waals surface area contributed by atoms with Gasteiger partial charge in [0.2, 0.25) is 0 Å². The summed E-state index contributed by atoms with van der Waals surface area (Å²) in [6, 6.07) is 19.1. The summed E-state index contributed by atoms with van der Waals surface area (Å²) < 4.78 is 7.24. The van der Waals surface area contributed by atoms with Crippen molar-refractivity contribution in [3.8, 4) is 11.4 Å². The van der Waals surface area contributed by atoms with Gasteiger partial charge < -0.3 is 9.30 Å². The molecule has 0 aliphatic heterocycles. The largest absolute Gasteiger partial charge is 0.497 e. The van der Waals surface area contributed by atoms with E-state index in [1.165, 1.54) is 0 Å². The Labute approximate surface area is 141 Å². The van der Waals surface area contributed by atoms with Gasteiger partial charge in [-0.1, -0.05) is 0 Å². The van der Waals surface area contributed by atoms with Crippen LogP contribution in [0.2, 0.25) is 0 Å². The van der Waals surface area contributed by atoms with Crippen molar-refractivity contribution >= 4 is 17.7 Å². The molecular weight excluding hydrogens is 300 g/mol. The molecule has 0 unspecified atom stereocenters. The lowest BCUT2D eigenvalue weighted by Gasteiger charge is -2.07. The summed E-state index contributed by atoms with van der Waals surface area (Å²) >= 11 is 0. The molecule has 0 saturated carbocycles. The van der Waals surface area contributed by atoms with Gasteiger partial charge in [0.1, 0.15) is 5.75 Å². The number of ether oxygens (including phenoxy) is 1. The monoisotopic (exact) mass is 318 g/mol. The Morgan fingerprint density at radius 3 is 2.38 bits per heavy atom. The normalized spacial score (nSPS) is 10.9. The summed E-state index contributed by atoms with van der Waals surface area (Å²) in [5.74, 6) is 0.880. The van der Waals surface area contributed by atoms with Crippen LogP contribution in [0.3, 0.4) is 0 Å². The van der Waals surface area contributed by atoms with Gasteiger partial charge >= 0.3 is 0 Å². The highest BCUT2D eigenvalue weighted by molar-refractivity contribution is 5.94. The number of nitrogens with zero attached hydrogens (tertiary/aromatic N) is 2. The number of aliphatic imine (C=N–C) groups is 1. The predicted octanol–water partition coefficient (Wildman–Crippen LogP) is 4.44. The summed E-state index contributed by atoms with van der Waals surface area (Å²) in [7, 11) is 1.65. The molecule has 120 valence electrons. The van der Waals surface area contributed by atoms with Gasteiger partial charge in [-0.3, -0.25) is 9.79 Å². The molecule has 1 heterocycles. The highest BCUT2D eigenvalue weighted by atomic mass is 16.5. The van der Waals surface area contributed by atoms with E-state index in [0.717, 1.165) is 22.8 Å². The summed E-state index contributed by atoms with van der Waals surface area (Å²) in [6.07, 6.45) is 3.80. The van der Waals surface area contributed by atoms with Crippen LogP contribution in [-0.2, 0) is 0 Å². The number of hydrogen-bond acceptors (Lipinski definition) is 3. The first-order chi connectivity index (χ1) is 11.7. The lowest BCUT2D eigenvalue weighted by atomic mass is 10.1. The van der Waals surface area contributed by atoms with Crippen molar-refractivity contribution in [3.63, 3.8) is 0 Å². The van der Waals surface area contributed by atoms with Crippen molar-refractivity contribution in [2.24, 2.45) is 4.99 Å². The Morgan fingerprint density at radius 2 is 1.75 bits per heavy atom. The smallest absolute Gasteiger partial charge is 0.159 e. The molecule has 2 aromatic carbocycles. The quantitative estimate of drug-likeness (QED) is 0.515. The minimum atomic E-state index is 0.0545. The zero-order valence-corrected chi connectivity index (χ0v) is 13.6. The Balaban J connectivity index is 1.83. The van der Waals surface area contributed by atoms with E-state index in [1.807, 2.05) is 65.5 Å². The molecule has 4 heteroatoms. The summed E-state index contributed by atoms with van der Waals surface area (Å²) in [4.78, 5) is 15.8. The molecule has 0 radical (unpaired) electrons. The number of carbonyl (C=O) groups excluding carboxylic acids is 1. The first-order valence-electron chi connectivity index (χ1n) is 7.64. The van der Waals surface area contributed by atoms with E-state index in [4.69, 9.17) is 4.74 Å². The highest BCUT2D eigenvalue weighted by Crippen LogP contribution is 2.18. The standard InChI is InChI=1S/C20H18N2O2/c1-15(23)16-5-7-17(8-6-16)21-14-19-4-3-13-22(19)18-9-11-20(24-2)12-10-18/h3-14H,1-2H3. The molecular formula is C20H18N2O2. The average Bonchev–Trinajstić information content (AvgIpc) is 3.09. The number of hydrogen-bond donors (Lipinski definition) is 0. The number of aromatic nitrogens is 1. The molecule has 3 aromatic rings. The van der Waals surface area contributed by atoms with Crippen molar-refractivity contribution in [1.82, 2.24) is 4.57 Å². The van der Waals surface area contributed by atoms with Gasteiger partial charge in [0, 0.05) is 17.4 Å². The molecule has 24 heavy (non-hydrogen) atoms. The summed E-state index contributed by atoms with van der Waals surface area (Å²) in [5.41, 5.74) is 3.50. The topological polar surface area (TPSA) is 43.6 Å². The Morgan fingerprint density at radius 1 is 1.04 bits per heavy atom. The van der Waals surface area contributed by atoms with E-state index in [9.17, 15) is 4.79 Å². The van der Waals surface area contributed by atoms with E-state index < -0.39 is 0 Å². The third-order valence-electron chi connectivity index (χ3n) is 3.75.